The minimum atomic E-state index is 0.576. The number of methoxy groups -OCH3 is 4. The van der Waals surface area contributed by atoms with Gasteiger partial charge in [0.15, 0.2) is 23.0 Å². The Morgan fingerprint density at radius 3 is 1.75 bits per heavy atom. The Balaban J connectivity index is 0.786. The van der Waals surface area contributed by atoms with Crippen molar-refractivity contribution >= 4 is 33.7 Å². The van der Waals surface area contributed by atoms with Crippen molar-refractivity contribution in [2.24, 2.45) is 0 Å². The molecular formula is C47H59N3O6S. The van der Waals surface area contributed by atoms with Gasteiger partial charge < -0.3 is 38.2 Å². The zero-order valence-corrected chi connectivity index (χ0v) is 35.0. The number of aromatic nitrogens is 1. The summed E-state index contributed by atoms with van der Waals surface area (Å²) in [4.78, 5) is 10.0. The standard InChI is InChI=1S/C47H59N3O6S/c1-51-41-24-19-36(17-18-37-34-43(52-2)46(54-4)44(35-37)53-3)33-42(41)56-32-14-8-6-12-26-50-29-27-49(28-30-50)25-11-5-7-13-31-55-39-22-20-38(21-23-39)47-48-40-15-9-10-16-45(40)57-47/h9-10,15-24,33-35H,5-8,11-14,25-32H2,1-4H3/b18-17-. The number of unbranched alkanes of at least 4 members (excludes halogenated alkanes) is 6. The number of ether oxygens (including phenoxy) is 6. The number of benzene rings is 4. The third kappa shape index (κ3) is 12.4. The van der Waals surface area contributed by atoms with Crippen molar-refractivity contribution in [3.63, 3.8) is 0 Å². The smallest absolute Gasteiger partial charge is 0.203 e. The molecule has 6 rings (SSSR count). The first-order valence-corrected chi connectivity index (χ1v) is 21.2. The van der Waals surface area contributed by atoms with E-state index in [1.807, 2.05) is 48.6 Å². The second-order valence-electron chi connectivity index (χ2n) is 14.4. The molecule has 1 fully saturated rings. The van der Waals surface area contributed by atoms with Gasteiger partial charge in [-0.1, -0.05) is 56.0 Å². The van der Waals surface area contributed by atoms with Crippen LogP contribution in [0.1, 0.15) is 62.5 Å². The maximum absolute atomic E-state index is 6.19. The van der Waals surface area contributed by atoms with Crippen molar-refractivity contribution in [1.82, 2.24) is 14.8 Å². The Kier molecular flexibility index (Phi) is 16.3. The van der Waals surface area contributed by atoms with Gasteiger partial charge in [0.05, 0.1) is 51.9 Å². The molecule has 0 spiro atoms. The number of rotatable bonds is 23. The molecule has 57 heavy (non-hydrogen) atoms. The Hall–Kier alpha value is -4.77. The van der Waals surface area contributed by atoms with Gasteiger partial charge >= 0.3 is 0 Å². The number of para-hydroxylation sites is 1. The Labute approximate surface area is 343 Å². The van der Waals surface area contributed by atoms with Crippen LogP contribution in [0.3, 0.4) is 0 Å². The molecule has 0 aliphatic carbocycles. The Morgan fingerprint density at radius 1 is 0.561 bits per heavy atom. The zero-order chi connectivity index (χ0) is 39.7. The fourth-order valence-corrected chi connectivity index (χ4v) is 8.15. The summed E-state index contributed by atoms with van der Waals surface area (Å²) < 4.78 is 35.5. The van der Waals surface area contributed by atoms with E-state index in [2.05, 4.69) is 52.3 Å². The van der Waals surface area contributed by atoms with Crippen LogP contribution in [0.5, 0.6) is 34.5 Å². The van der Waals surface area contributed by atoms with Crippen LogP contribution in [0, 0.1) is 0 Å². The van der Waals surface area contributed by atoms with Crippen molar-refractivity contribution in [3.8, 4) is 45.1 Å². The van der Waals surface area contributed by atoms with Gasteiger partial charge in [0.1, 0.15) is 10.8 Å². The molecule has 0 unspecified atom stereocenters. The second-order valence-corrected chi connectivity index (χ2v) is 15.5. The van der Waals surface area contributed by atoms with Crippen LogP contribution in [0.25, 0.3) is 32.9 Å². The maximum atomic E-state index is 6.19. The summed E-state index contributed by atoms with van der Waals surface area (Å²) in [5.41, 5.74) is 4.16. The molecule has 2 heterocycles. The van der Waals surface area contributed by atoms with E-state index < -0.39 is 0 Å². The van der Waals surface area contributed by atoms with Gasteiger partial charge in [-0.25, -0.2) is 4.98 Å². The molecule has 304 valence electrons. The molecule has 1 aliphatic heterocycles. The van der Waals surface area contributed by atoms with E-state index in [0.29, 0.717) is 23.9 Å². The van der Waals surface area contributed by atoms with Gasteiger partial charge in [-0.15, -0.1) is 11.3 Å². The first-order valence-electron chi connectivity index (χ1n) is 20.4. The molecular weight excluding hydrogens is 735 g/mol. The maximum Gasteiger partial charge on any atom is 0.203 e. The number of hydrogen-bond acceptors (Lipinski definition) is 10. The van der Waals surface area contributed by atoms with Crippen LogP contribution in [0.4, 0.5) is 0 Å². The number of nitrogens with zero attached hydrogens (tertiary/aromatic N) is 3. The number of hydrogen-bond donors (Lipinski definition) is 0. The molecule has 1 aromatic heterocycles. The molecule has 0 atom stereocenters. The molecule has 0 radical (unpaired) electrons. The topological polar surface area (TPSA) is 74.8 Å². The normalized spacial score (nSPS) is 13.6. The van der Waals surface area contributed by atoms with E-state index in [4.69, 9.17) is 33.4 Å². The summed E-state index contributed by atoms with van der Waals surface area (Å²) >= 11 is 1.73. The monoisotopic (exact) mass is 793 g/mol. The van der Waals surface area contributed by atoms with E-state index in [-0.39, 0.29) is 0 Å². The van der Waals surface area contributed by atoms with Crippen molar-refractivity contribution in [3.05, 3.63) is 90.0 Å². The lowest BCUT2D eigenvalue weighted by molar-refractivity contribution is 0.128. The summed E-state index contributed by atoms with van der Waals surface area (Å²) in [7, 11) is 6.53. The third-order valence-corrected chi connectivity index (χ3v) is 11.6. The van der Waals surface area contributed by atoms with E-state index in [0.717, 1.165) is 70.3 Å². The molecule has 0 N–H and O–H groups in total. The summed E-state index contributed by atoms with van der Waals surface area (Å²) in [5, 5.41) is 1.06. The van der Waals surface area contributed by atoms with Crippen LogP contribution in [-0.2, 0) is 0 Å². The molecule has 0 saturated carbocycles. The van der Waals surface area contributed by atoms with Crippen LogP contribution in [-0.4, -0.2) is 95.7 Å². The van der Waals surface area contributed by atoms with Gasteiger partial charge in [0, 0.05) is 31.7 Å². The minimum absolute atomic E-state index is 0.576. The first-order chi connectivity index (χ1) is 28.1. The largest absolute Gasteiger partial charge is 0.494 e. The van der Waals surface area contributed by atoms with E-state index >= 15 is 0 Å². The van der Waals surface area contributed by atoms with Crippen molar-refractivity contribution in [2.75, 3.05) is 80.9 Å². The number of piperazine rings is 1. The summed E-state index contributed by atoms with van der Waals surface area (Å²) in [6.07, 6.45) is 13.5. The average Bonchev–Trinajstić information content (AvgIpc) is 3.70. The average molecular weight is 794 g/mol. The van der Waals surface area contributed by atoms with E-state index in [1.165, 1.54) is 76.1 Å². The molecule has 4 aromatic carbocycles. The molecule has 0 bridgehead atoms. The van der Waals surface area contributed by atoms with E-state index in [1.54, 1.807) is 39.8 Å². The predicted octanol–water partition coefficient (Wildman–Crippen LogP) is 10.4. The third-order valence-electron chi connectivity index (χ3n) is 10.5. The molecule has 9 nitrogen and oxygen atoms in total. The van der Waals surface area contributed by atoms with Gasteiger partial charge in [0.2, 0.25) is 5.75 Å². The second kappa shape index (κ2) is 22.2. The highest BCUT2D eigenvalue weighted by Crippen LogP contribution is 2.39. The summed E-state index contributed by atoms with van der Waals surface area (Å²) in [6, 6.07) is 26.5. The zero-order valence-electron chi connectivity index (χ0n) is 34.2. The number of thiazole rings is 1. The van der Waals surface area contributed by atoms with Gasteiger partial charge in [-0.2, -0.15) is 0 Å². The fourth-order valence-electron chi connectivity index (χ4n) is 7.18. The summed E-state index contributed by atoms with van der Waals surface area (Å²) in [5.74, 6) is 4.25. The van der Waals surface area contributed by atoms with Crippen molar-refractivity contribution in [1.29, 1.82) is 0 Å². The molecule has 10 heteroatoms. The van der Waals surface area contributed by atoms with Crippen LogP contribution >= 0.6 is 11.3 Å². The molecule has 5 aromatic rings. The van der Waals surface area contributed by atoms with Crippen molar-refractivity contribution in [2.45, 2.75) is 51.4 Å². The van der Waals surface area contributed by atoms with Gasteiger partial charge in [0.25, 0.3) is 0 Å². The predicted molar refractivity (Wildman–Crippen MR) is 234 cm³/mol. The summed E-state index contributed by atoms with van der Waals surface area (Å²) in [6.45, 7) is 8.56. The molecule has 0 amide bonds. The van der Waals surface area contributed by atoms with Crippen LogP contribution in [0.15, 0.2) is 78.9 Å². The lowest BCUT2D eigenvalue weighted by Crippen LogP contribution is -2.46. The molecule has 1 aliphatic rings. The highest BCUT2D eigenvalue weighted by atomic mass is 32.1. The van der Waals surface area contributed by atoms with Crippen LogP contribution in [0.2, 0.25) is 0 Å². The minimum Gasteiger partial charge on any atom is -0.494 e. The van der Waals surface area contributed by atoms with Gasteiger partial charge in [-0.3, -0.25) is 0 Å². The highest BCUT2D eigenvalue weighted by Gasteiger charge is 2.16. The quantitative estimate of drug-likeness (QED) is 0.0475. The van der Waals surface area contributed by atoms with Crippen molar-refractivity contribution < 1.29 is 28.4 Å². The van der Waals surface area contributed by atoms with E-state index in [9.17, 15) is 0 Å². The lowest BCUT2D eigenvalue weighted by atomic mass is 10.1. The Morgan fingerprint density at radius 2 is 1.14 bits per heavy atom. The first kappa shape index (κ1) is 41.9. The fraction of sp³-hybridized carbons (Fsp3) is 0.426. The molecule has 1 saturated heterocycles. The Bertz CT molecular complexity index is 1930. The highest BCUT2D eigenvalue weighted by molar-refractivity contribution is 7.21. The lowest BCUT2D eigenvalue weighted by Gasteiger charge is -2.34. The number of fused-ring (bicyclic) bond motifs is 1. The van der Waals surface area contributed by atoms with Gasteiger partial charge in [-0.05, 0) is 111 Å². The SMILES string of the molecule is COc1ccc(/C=C\c2cc(OC)c(OC)c(OC)c2)cc1OCCCCCCN1CCN(CCCCCCOc2ccc(-c3nc4ccccc4s3)cc2)CC1. The van der Waals surface area contributed by atoms with Crippen LogP contribution < -0.4 is 28.4 Å².